The predicted molar refractivity (Wildman–Crippen MR) is 95.8 cm³/mol. The summed E-state index contributed by atoms with van der Waals surface area (Å²) in [5, 5.41) is 2.66. The van der Waals surface area contributed by atoms with Crippen LogP contribution in [0.5, 0.6) is 0 Å². The molecule has 2 aromatic carbocycles. The molecule has 1 nitrogen and oxygen atoms in total. The van der Waals surface area contributed by atoms with Crippen molar-refractivity contribution in [3.8, 4) is 0 Å². The summed E-state index contributed by atoms with van der Waals surface area (Å²) in [4.78, 5) is 4.24. The van der Waals surface area contributed by atoms with Gasteiger partial charge in [-0.05, 0) is 23.8 Å². The van der Waals surface area contributed by atoms with Crippen LogP contribution in [0.3, 0.4) is 0 Å². The van der Waals surface area contributed by atoms with Gasteiger partial charge in [0.2, 0.25) is 0 Å². The van der Waals surface area contributed by atoms with Crippen LogP contribution in [0, 0.1) is 0 Å². The van der Waals surface area contributed by atoms with Crippen LogP contribution in [0.2, 0.25) is 13.1 Å². The zero-order valence-corrected chi connectivity index (χ0v) is 18.6. The minimum atomic E-state index is -0.265. The molecule has 0 saturated heterocycles. The van der Waals surface area contributed by atoms with E-state index in [9.17, 15) is 0 Å². The van der Waals surface area contributed by atoms with Crippen molar-refractivity contribution in [1.29, 1.82) is 0 Å². The van der Waals surface area contributed by atoms with E-state index in [1.165, 1.54) is 21.9 Å². The predicted octanol–water partition coefficient (Wildman–Crippen LogP) is -1.48. The number of allylic oxidation sites excluding steroid dienone is 5. The summed E-state index contributed by atoms with van der Waals surface area (Å²) in [6.45, 7) is 4.57. The maximum Gasteiger partial charge on any atom is 3.00 e. The fourth-order valence-corrected chi connectivity index (χ4v) is 3.30. The number of hydrogen-bond donors (Lipinski definition) is 0. The van der Waals surface area contributed by atoms with Crippen molar-refractivity contribution < 1.29 is 51.0 Å². The zero-order chi connectivity index (χ0) is 14.7. The maximum atomic E-state index is 4.24. The van der Waals surface area contributed by atoms with Crippen LogP contribution >= 0.6 is 0 Å². The number of rotatable bonds is 1. The van der Waals surface area contributed by atoms with Gasteiger partial charge in [0.15, 0.2) is 0 Å². The fourth-order valence-electron chi connectivity index (χ4n) is 2.47. The minimum Gasteiger partial charge on any atom is -1.00 e. The third kappa shape index (κ3) is 5.97. The minimum absolute atomic E-state index is 0. The van der Waals surface area contributed by atoms with Crippen LogP contribution in [0.4, 0.5) is 0 Å². The van der Waals surface area contributed by atoms with Gasteiger partial charge in [-0.15, -0.1) is 29.7 Å². The average molecular weight is 451 g/mol. The van der Waals surface area contributed by atoms with Crippen molar-refractivity contribution >= 4 is 30.6 Å². The van der Waals surface area contributed by atoms with E-state index in [4.69, 9.17) is 0 Å². The Morgan fingerprint density at radius 1 is 1.04 bits per heavy atom. The Hall–Kier alpha value is -0.730. The van der Waals surface area contributed by atoms with Gasteiger partial charge in [0, 0.05) is 20.2 Å². The molecule has 0 atom stereocenters. The van der Waals surface area contributed by atoms with Gasteiger partial charge in [0.25, 0.3) is 0 Å². The molecule has 1 aliphatic carbocycles. The van der Waals surface area contributed by atoms with Gasteiger partial charge in [-0.3, -0.25) is 4.99 Å². The number of hydrogen-bond acceptors (Lipinski definition) is 1. The van der Waals surface area contributed by atoms with E-state index < -0.39 is 0 Å². The molecular formula is C19H18Cl2NSiZr. The maximum absolute atomic E-state index is 4.24. The van der Waals surface area contributed by atoms with E-state index in [-0.39, 0.29) is 59.4 Å². The molecule has 1 heterocycles. The van der Waals surface area contributed by atoms with Gasteiger partial charge in [-0.25, -0.2) is 0 Å². The van der Waals surface area contributed by atoms with Crippen LogP contribution < -0.4 is 24.8 Å². The molecule has 0 fully saturated rings. The number of benzene rings is 1. The molecular weight excluding hydrogens is 432 g/mol. The van der Waals surface area contributed by atoms with E-state index in [1.807, 2.05) is 6.20 Å². The first-order valence-corrected chi connectivity index (χ1v) is 9.73. The SMILES string of the molecule is C[Si](C)=CC1=CC2=NC=CC2=C1.[Cl-].[Cl-].[Zr+3].c1ccc2[cH-]ccc2c1. The van der Waals surface area contributed by atoms with Crippen LogP contribution in [0.1, 0.15) is 0 Å². The van der Waals surface area contributed by atoms with E-state index in [0.29, 0.717) is 0 Å². The molecule has 0 unspecified atom stereocenters. The third-order valence-corrected chi connectivity index (χ3v) is 4.30. The molecule has 121 valence electrons. The molecule has 1 aliphatic heterocycles. The van der Waals surface area contributed by atoms with Crippen molar-refractivity contribution in [3.05, 3.63) is 78.0 Å². The zero-order valence-electron chi connectivity index (χ0n) is 13.6. The molecule has 0 N–H and O–H groups in total. The Bertz CT molecular complexity index is 795. The topological polar surface area (TPSA) is 12.4 Å². The van der Waals surface area contributed by atoms with Crippen LogP contribution in [-0.4, -0.2) is 19.8 Å². The molecule has 5 heteroatoms. The molecule has 1 radical (unpaired) electrons. The molecule has 0 bridgehead atoms. The summed E-state index contributed by atoms with van der Waals surface area (Å²) in [5.74, 6) is 0. The van der Waals surface area contributed by atoms with E-state index in [1.54, 1.807) is 0 Å². The molecule has 24 heavy (non-hydrogen) atoms. The molecule has 0 spiro atoms. The number of halogens is 2. The molecule has 4 rings (SSSR count). The normalized spacial score (nSPS) is 13.0. The number of fused-ring (bicyclic) bond motifs is 2. The first-order valence-electron chi connectivity index (χ1n) is 7.16. The Labute approximate surface area is 176 Å². The Morgan fingerprint density at radius 2 is 1.79 bits per heavy atom. The summed E-state index contributed by atoms with van der Waals surface area (Å²) < 4.78 is 0. The fraction of sp³-hybridized carbons (Fsp3) is 0.105. The van der Waals surface area contributed by atoms with Crippen molar-refractivity contribution in [1.82, 2.24) is 0 Å². The van der Waals surface area contributed by atoms with Crippen LogP contribution in [0.25, 0.3) is 10.8 Å². The Kier molecular flexibility index (Phi) is 10.7. The van der Waals surface area contributed by atoms with Crippen molar-refractivity contribution in [2.75, 3.05) is 0 Å². The number of aliphatic imine (C=N–C) groups is 1. The standard InChI is InChI=1S/C10H11NSi.C9H7.2ClH.Zr/c1-12(2)7-8-5-9-3-4-11-10(9)6-8;1-2-5-9-7-3-6-8(9)4-1;;;/h3-7H,1-2H3;1-7H;2*1H;/q;-1;;;+3/p-2. The molecule has 2 aliphatic rings. The van der Waals surface area contributed by atoms with Gasteiger partial charge in [0.05, 0.1) is 5.71 Å². The van der Waals surface area contributed by atoms with Crippen molar-refractivity contribution in [2.45, 2.75) is 13.1 Å². The number of nitrogens with zero attached hydrogens (tertiary/aromatic N) is 1. The summed E-state index contributed by atoms with van der Waals surface area (Å²) in [6.07, 6.45) is 8.29. The summed E-state index contributed by atoms with van der Waals surface area (Å²) in [6, 6.07) is 14.7. The van der Waals surface area contributed by atoms with Gasteiger partial charge >= 0.3 is 26.2 Å². The van der Waals surface area contributed by atoms with Gasteiger partial charge in [-0.1, -0.05) is 24.8 Å². The largest absolute Gasteiger partial charge is 3.00 e. The first-order chi connectivity index (χ1) is 10.2. The first kappa shape index (κ1) is 23.3. The molecule has 2 aromatic rings. The van der Waals surface area contributed by atoms with Gasteiger partial charge in [0.1, 0.15) is 0 Å². The Balaban J connectivity index is 0.000000402. The molecule has 0 amide bonds. The van der Waals surface area contributed by atoms with Crippen molar-refractivity contribution in [2.24, 2.45) is 4.99 Å². The second-order valence-corrected chi connectivity index (χ2v) is 7.89. The summed E-state index contributed by atoms with van der Waals surface area (Å²) >= 11 is 0. The smallest absolute Gasteiger partial charge is 1.00 e. The molecule has 0 aromatic heterocycles. The molecule has 0 saturated carbocycles. The van der Waals surface area contributed by atoms with E-state index in [2.05, 4.69) is 84.5 Å². The van der Waals surface area contributed by atoms with Gasteiger partial charge < -0.3 is 24.8 Å². The Morgan fingerprint density at radius 3 is 2.46 bits per heavy atom. The average Bonchev–Trinajstić information content (AvgIpc) is 3.12. The van der Waals surface area contributed by atoms with Crippen LogP contribution in [-0.2, 0) is 26.2 Å². The van der Waals surface area contributed by atoms with E-state index in [0.717, 1.165) is 5.71 Å². The monoisotopic (exact) mass is 448 g/mol. The summed E-state index contributed by atoms with van der Waals surface area (Å²) in [7, 11) is -0.265. The summed E-state index contributed by atoms with van der Waals surface area (Å²) in [5.41, 5.74) is 6.09. The second-order valence-electron chi connectivity index (χ2n) is 5.45. The third-order valence-electron chi connectivity index (χ3n) is 3.39. The van der Waals surface area contributed by atoms with Crippen molar-refractivity contribution in [3.63, 3.8) is 0 Å². The quantitative estimate of drug-likeness (QED) is 0.372. The van der Waals surface area contributed by atoms with E-state index >= 15 is 0 Å². The second kappa shape index (κ2) is 11.0. The van der Waals surface area contributed by atoms with Crippen LogP contribution in [0.15, 0.2) is 83.0 Å². The van der Waals surface area contributed by atoms with Gasteiger partial charge in [-0.2, -0.15) is 17.5 Å².